The molecule has 5 nitrogen and oxygen atoms in total. The number of aromatic hydroxyl groups is 2. The highest BCUT2D eigenvalue weighted by Crippen LogP contribution is 2.27. The smallest absolute Gasteiger partial charge is 0.138 e. The first kappa shape index (κ1) is 16.7. The molecule has 0 atom stereocenters. The molecule has 24 heavy (non-hydrogen) atoms. The van der Waals surface area contributed by atoms with Crippen LogP contribution in [0.1, 0.15) is 36.9 Å². The molecule has 1 aliphatic carbocycles. The molecular weight excluding hydrogens is 304 g/mol. The summed E-state index contributed by atoms with van der Waals surface area (Å²) in [6, 6.07) is 11.0. The Kier molecular flexibility index (Phi) is 5.33. The Bertz CT molecular complexity index is 669. The summed E-state index contributed by atoms with van der Waals surface area (Å²) in [7, 11) is 0. The molecule has 3 rings (SSSR count). The second-order valence-corrected chi connectivity index (χ2v) is 6.51. The van der Waals surface area contributed by atoms with Gasteiger partial charge in [-0.1, -0.05) is 12.1 Å². The van der Waals surface area contributed by atoms with Crippen LogP contribution in [-0.4, -0.2) is 37.3 Å². The van der Waals surface area contributed by atoms with Crippen molar-refractivity contribution in [3.05, 3.63) is 53.9 Å². The van der Waals surface area contributed by atoms with Gasteiger partial charge in [0.05, 0.1) is 11.8 Å². The topological polar surface area (TPSA) is 76.8 Å². The quantitative estimate of drug-likeness (QED) is 0.787. The van der Waals surface area contributed by atoms with Crippen molar-refractivity contribution < 1.29 is 15.3 Å². The SMILES string of the molecule is Oc1cccc(CN(Cc2ncccc2O)C2CCC(O)CC2)c1. The molecule has 0 aliphatic heterocycles. The Morgan fingerprint density at radius 3 is 2.50 bits per heavy atom. The highest BCUT2D eigenvalue weighted by molar-refractivity contribution is 5.28. The molecule has 0 bridgehead atoms. The van der Waals surface area contributed by atoms with Crippen molar-refractivity contribution in [3.8, 4) is 11.5 Å². The zero-order valence-electron chi connectivity index (χ0n) is 13.7. The predicted molar refractivity (Wildman–Crippen MR) is 91.5 cm³/mol. The van der Waals surface area contributed by atoms with Crippen molar-refractivity contribution in [3.63, 3.8) is 0 Å². The largest absolute Gasteiger partial charge is 0.508 e. The summed E-state index contributed by atoms with van der Waals surface area (Å²) in [5, 5.41) is 29.5. The van der Waals surface area contributed by atoms with Gasteiger partial charge < -0.3 is 15.3 Å². The Balaban J connectivity index is 1.79. The van der Waals surface area contributed by atoms with Crippen LogP contribution in [0.3, 0.4) is 0 Å². The van der Waals surface area contributed by atoms with E-state index in [0.29, 0.717) is 24.8 Å². The maximum Gasteiger partial charge on any atom is 0.138 e. The second-order valence-electron chi connectivity index (χ2n) is 6.51. The fourth-order valence-corrected chi connectivity index (χ4v) is 3.37. The lowest BCUT2D eigenvalue weighted by Crippen LogP contribution is -2.38. The molecule has 0 radical (unpaired) electrons. The number of benzene rings is 1. The van der Waals surface area contributed by atoms with Gasteiger partial charge in [-0.05, 0) is 55.5 Å². The van der Waals surface area contributed by atoms with E-state index in [1.165, 1.54) is 0 Å². The molecule has 1 aliphatic rings. The normalized spacial score (nSPS) is 21.1. The summed E-state index contributed by atoms with van der Waals surface area (Å²) in [5.74, 6) is 0.460. The Hall–Kier alpha value is -2.11. The van der Waals surface area contributed by atoms with E-state index >= 15 is 0 Å². The predicted octanol–water partition coefficient (Wildman–Crippen LogP) is 2.80. The summed E-state index contributed by atoms with van der Waals surface area (Å²) >= 11 is 0. The summed E-state index contributed by atoms with van der Waals surface area (Å²) < 4.78 is 0. The maximum atomic E-state index is 10.0. The third-order valence-corrected chi connectivity index (χ3v) is 4.70. The van der Waals surface area contributed by atoms with Crippen LogP contribution in [0.5, 0.6) is 11.5 Å². The van der Waals surface area contributed by atoms with Gasteiger partial charge in [-0.2, -0.15) is 0 Å². The molecule has 1 aromatic heterocycles. The fourth-order valence-electron chi connectivity index (χ4n) is 3.37. The number of rotatable bonds is 5. The summed E-state index contributed by atoms with van der Waals surface area (Å²) in [5.41, 5.74) is 1.68. The van der Waals surface area contributed by atoms with E-state index in [2.05, 4.69) is 9.88 Å². The lowest BCUT2D eigenvalue weighted by atomic mass is 9.91. The van der Waals surface area contributed by atoms with E-state index in [-0.39, 0.29) is 17.6 Å². The van der Waals surface area contributed by atoms with Gasteiger partial charge >= 0.3 is 0 Å². The number of nitrogens with zero attached hydrogens (tertiary/aromatic N) is 2. The zero-order valence-corrected chi connectivity index (χ0v) is 13.7. The van der Waals surface area contributed by atoms with Crippen molar-refractivity contribution in [2.45, 2.75) is 50.9 Å². The second kappa shape index (κ2) is 7.64. The number of phenols is 1. The van der Waals surface area contributed by atoms with E-state index in [4.69, 9.17) is 0 Å². The van der Waals surface area contributed by atoms with E-state index in [1.54, 1.807) is 30.5 Å². The highest BCUT2D eigenvalue weighted by atomic mass is 16.3. The molecule has 1 aromatic carbocycles. The van der Waals surface area contributed by atoms with Crippen LogP contribution in [-0.2, 0) is 13.1 Å². The van der Waals surface area contributed by atoms with E-state index < -0.39 is 0 Å². The monoisotopic (exact) mass is 328 g/mol. The van der Waals surface area contributed by atoms with Crippen LogP contribution in [0.2, 0.25) is 0 Å². The number of hydrogen-bond donors (Lipinski definition) is 3. The number of aliphatic hydroxyl groups excluding tert-OH is 1. The molecular formula is C19H24N2O3. The molecule has 5 heteroatoms. The number of hydrogen-bond acceptors (Lipinski definition) is 5. The molecule has 1 fully saturated rings. The van der Waals surface area contributed by atoms with Gasteiger partial charge in [-0.3, -0.25) is 9.88 Å². The van der Waals surface area contributed by atoms with Crippen molar-refractivity contribution in [2.24, 2.45) is 0 Å². The van der Waals surface area contributed by atoms with Gasteiger partial charge in [-0.25, -0.2) is 0 Å². The summed E-state index contributed by atoms with van der Waals surface area (Å²) in [6.07, 6.45) is 4.94. The van der Waals surface area contributed by atoms with Gasteiger partial charge in [0.1, 0.15) is 11.5 Å². The fraction of sp³-hybridized carbons (Fsp3) is 0.421. The van der Waals surface area contributed by atoms with Crippen LogP contribution in [0.25, 0.3) is 0 Å². The standard InChI is InChI=1S/C19H24N2O3/c22-16-8-6-15(7-9-16)21(12-14-3-1-4-17(23)11-14)13-18-19(24)5-2-10-20-18/h1-5,10-11,15-16,22-24H,6-9,12-13H2. The summed E-state index contributed by atoms with van der Waals surface area (Å²) in [6.45, 7) is 1.22. The third-order valence-electron chi connectivity index (χ3n) is 4.70. The van der Waals surface area contributed by atoms with Crippen molar-refractivity contribution in [1.29, 1.82) is 0 Å². The number of pyridine rings is 1. The van der Waals surface area contributed by atoms with Gasteiger partial charge in [0.15, 0.2) is 0 Å². The molecule has 1 saturated carbocycles. The zero-order chi connectivity index (χ0) is 16.9. The van der Waals surface area contributed by atoms with Crippen LogP contribution in [0, 0.1) is 0 Å². The van der Waals surface area contributed by atoms with Crippen molar-refractivity contribution in [1.82, 2.24) is 9.88 Å². The lowest BCUT2D eigenvalue weighted by Gasteiger charge is -2.35. The van der Waals surface area contributed by atoms with Gasteiger partial charge in [0, 0.05) is 25.3 Å². The van der Waals surface area contributed by atoms with Crippen LogP contribution in [0.4, 0.5) is 0 Å². The highest BCUT2D eigenvalue weighted by Gasteiger charge is 2.26. The van der Waals surface area contributed by atoms with E-state index in [9.17, 15) is 15.3 Å². The average Bonchev–Trinajstić information content (AvgIpc) is 2.57. The Morgan fingerprint density at radius 2 is 1.79 bits per heavy atom. The molecule has 0 spiro atoms. The Morgan fingerprint density at radius 1 is 1.00 bits per heavy atom. The van der Waals surface area contributed by atoms with Gasteiger partial charge in [0.2, 0.25) is 0 Å². The molecule has 0 unspecified atom stereocenters. The molecule has 2 aromatic rings. The number of aliphatic hydroxyl groups is 1. The van der Waals surface area contributed by atoms with Crippen molar-refractivity contribution in [2.75, 3.05) is 0 Å². The maximum absolute atomic E-state index is 10.0. The first-order valence-corrected chi connectivity index (χ1v) is 8.44. The number of aromatic nitrogens is 1. The van der Waals surface area contributed by atoms with Crippen LogP contribution in [0.15, 0.2) is 42.6 Å². The first-order valence-electron chi connectivity index (χ1n) is 8.44. The van der Waals surface area contributed by atoms with Crippen molar-refractivity contribution >= 4 is 0 Å². The molecule has 3 N–H and O–H groups in total. The Labute approximate surface area is 142 Å². The third kappa shape index (κ3) is 4.24. The average molecular weight is 328 g/mol. The molecule has 1 heterocycles. The van der Waals surface area contributed by atoms with Gasteiger partial charge in [-0.15, -0.1) is 0 Å². The molecule has 0 saturated heterocycles. The minimum absolute atomic E-state index is 0.202. The summed E-state index contributed by atoms with van der Waals surface area (Å²) in [4.78, 5) is 6.58. The van der Waals surface area contributed by atoms with E-state index in [0.717, 1.165) is 31.2 Å². The first-order chi connectivity index (χ1) is 11.6. The lowest BCUT2D eigenvalue weighted by molar-refractivity contribution is 0.0655. The van der Waals surface area contributed by atoms with Crippen LogP contribution >= 0.6 is 0 Å². The van der Waals surface area contributed by atoms with E-state index in [1.807, 2.05) is 12.1 Å². The number of phenolic OH excluding ortho intramolecular Hbond substituents is 1. The molecule has 128 valence electrons. The van der Waals surface area contributed by atoms with Gasteiger partial charge in [0.25, 0.3) is 0 Å². The van der Waals surface area contributed by atoms with Crippen LogP contribution < -0.4 is 0 Å². The molecule has 0 amide bonds. The minimum Gasteiger partial charge on any atom is -0.508 e. The minimum atomic E-state index is -0.202.